The van der Waals surface area contributed by atoms with Gasteiger partial charge in [-0.15, -0.1) is 0 Å². The van der Waals surface area contributed by atoms with Gasteiger partial charge in [0.1, 0.15) is 5.82 Å². The number of hydrogen-bond acceptors (Lipinski definition) is 2. The van der Waals surface area contributed by atoms with Crippen LogP contribution in [0.3, 0.4) is 0 Å². The zero-order valence-electron chi connectivity index (χ0n) is 10.7. The van der Waals surface area contributed by atoms with Gasteiger partial charge < -0.3 is 10.4 Å². The first-order valence-corrected chi connectivity index (χ1v) is 6.67. The van der Waals surface area contributed by atoms with E-state index in [2.05, 4.69) is 5.32 Å². The lowest BCUT2D eigenvalue weighted by Gasteiger charge is -2.18. The molecule has 106 valence electrons. The molecule has 1 aromatic carbocycles. The molecular formula is C13H16Cl2FNO2. The third-order valence-corrected chi connectivity index (χ3v) is 3.17. The van der Waals surface area contributed by atoms with E-state index in [1.54, 1.807) is 0 Å². The quantitative estimate of drug-likeness (QED) is 0.820. The van der Waals surface area contributed by atoms with Crippen molar-refractivity contribution in [1.82, 2.24) is 5.32 Å². The number of carbonyl (C=O) groups excluding carboxylic acids is 1. The molecule has 3 nitrogen and oxygen atoms in total. The van der Waals surface area contributed by atoms with Crippen molar-refractivity contribution in [3.05, 3.63) is 33.6 Å². The first-order valence-electron chi connectivity index (χ1n) is 5.91. The summed E-state index contributed by atoms with van der Waals surface area (Å²) in [6, 6.07) is 1.79. The number of benzene rings is 1. The number of halogens is 3. The largest absolute Gasteiger partial charge is 0.394 e. The first kappa shape index (κ1) is 16.2. The highest BCUT2D eigenvalue weighted by Gasteiger charge is 2.18. The molecule has 0 aliphatic carbocycles. The van der Waals surface area contributed by atoms with Crippen molar-refractivity contribution in [3.8, 4) is 0 Å². The van der Waals surface area contributed by atoms with Gasteiger partial charge in [0.2, 0.25) is 0 Å². The lowest BCUT2D eigenvalue weighted by Crippen LogP contribution is -2.38. The topological polar surface area (TPSA) is 49.3 Å². The van der Waals surface area contributed by atoms with Gasteiger partial charge in [-0.2, -0.15) is 0 Å². The van der Waals surface area contributed by atoms with E-state index in [1.807, 2.05) is 13.8 Å². The smallest absolute Gasteiger partial charge is 0.253 e. The second kappa shape index (κ2) is 7.08. The third kappa shape index (κ3) is 4.64. The van der Waals surface area contributed by atoms with Crippen LogP contribution >= 0.6 is 23.2 Å². The van der Waals surface area contributed by atoms with Crippen LogP contribution in [0.4, 0.5) is 4.39 Å². The van der Waals surface area contributed by atoms with Crippen LogP contribution in [0.15, 0.2) is 12.1 Å². The number of carbonyl (C=O) groups is 1. The molecule has 0 aliphatic rings. The van der Waals surface area contributed by atoms with Crippen LogP contribution in [0.2, 0.25) is 10.0 Å². The molecule has 1 aromatic rings. The minimum Gasteiger partial charge on any atom is -0.394 e. The van der Waals surface area contributed by atoms with Gasteiger partial charge >= 0.3 is 0 Å². The highest BCUT2D eigenvalue weighted by atomic mass is 35.5. The van der Waals surface area contributed by atoms with Gasteiger partial charge in [0.25, 0.3) is 5.91 Å². The van der Waals surface area contributed by atoms with Crippen molar-refractivity contribution < 1.29 is 14.3 Å². The zero-order valence-corrected chi connectivity index (χ0v) is 12.2. The lowest BCUT2D eigenvalue weighted by molar-refractivity contribution is 0.0908. The number of hydrogen-bond donors (Lipinski definition) is 2. The van der Waals surface area contributed by atoms with E-state index >= 15 is 0 Å². The van der Waals surface area contributed by atoms with Crippen LogP contribution < -0.4 is 5.32 Å². The van der Waals surface area contributed by atoms with Crippen molar-refractivity contribution in [3.63, 3.8) is 0 Å². The molecule has 1 rings (SSSR count). The van der Waals surface area contributed by atoms with Crippen LogP contribution in [-0.2, 0) is 0 Å². The maximum absolute atomic E-state index is 13.3. The normalized spacial score (nSPS) is 12.6. The minimum absolute atomic E-state index is 0.00535. The summed E-state index contributed by atoms with van der Waals surface area (Å²) in [4.78, 5) is 12.0. The Morgan fingerprint density at radius 3 is 2.53 bits per heavy atom. The molecule has 6 heteroatoms. The standard InChI is InChI=1S/C13H16Cl2FNO2/c1-7(2)3-8(6-18)17-13(19)9-4-12(16)11(15)5-10(9)14/h4-5,7-8,18H,3,6H2,1-2H3,(H,17,19). The Hall–Kier alpha value is -0.840. The summed E-state index contributed by atoms with van der Waals surface area (Å²) in [6.45, 7) is 3.77. The van der Waals surface area contributed by atoms with E-state index in [1.165, 1.54) is 6.07 Å². The van der Waals surface area contributed by atoms with E-state index in [0.717, 1.165) is 6.07 Å². The molecule has 0 aromatic heterocycles. The fourth-order valence-corrected chi connectivity index (χ4v) is 2.18. The van der Waals surface area contributed by atoms with Gasteiger partial charge in [0.15, 0.2) is 0 Å². The maximum Gasteiger partial charge on any atom is 0.253 e. The van der Waals surface area contributed by atoms with Crippen LogP contribution in [0.5, 0.6) is 0 Å². The lowest BCUT2D eigenvalue weighted by atomic mass is 10.0. The van der Waals surface area contributed by atoms with Gasteiger partial charge in [0.05, 0.1) is 28.3 Å². The second-order valence-electron chi connectivity index (χ2n) is 4.73. The molecule has 0 radical (unpaired) electrons. The van der Waals surface area contributed by atoms with Crippen molar-refractivity contribution in [2.24, 2.45) is 5.92 Å². The number of aliphatic hydroxyl groups is 1. The highest BCUT2D eigenvalue weighted by molar-refractivity contribution is 6.36. The predicted octanol–water partition coefficient (Wildman–Crippen LogP) is 3.27. The van der Waals surface area contributed by atoms with E-state index in [0.29, 0.717) is 12.3 Å². The summed E-state index contributed by atoms with van der Waals surface area (Å²) in [5, 5.41) is 11.8. The molecule has 1 atom stereocenters. The van der Waals surface area contributed by atoms with Crippen LogP contribution in [0, 0.1) is 11.7 Å². The minimum atomic E-state index is -0.708. The van der Waals surface area contributed by atoms with Crippen molar-refractivity contribution >= 4 is 29.1 Å². The van der Waals surface area contributed by atoms with Gasteiger partial charge in [-0.25, -0.2) is 4.39 Å². The summed E-state index contributed by atoms with van der Waals surface area (Å²) in [7, 11) is 0. The average Bonchev–Trinajstić information content (AvgIpc) is 2.32. The summed E-state index contributed by atoms with van der Waals surface area (Å²) < 4.78 is 13.3. The highest BCUT2D eigenvalue weighted by Crippen LogP contribution is 2.24. The average molecular weight is 308 g/mol. The Labute approximate surface area is 121 Å². The predicted molar refractivity (Wildman–Crippen MR) is 74.2 cm³/mol. The monoisotopic (exact) mass is 307 g/mol. The molecule has 0 aliphatic heterocycles. The molecular weight excluding hydrogens is 292 g/mol. The summed E-state index contributed by atoms with van der Waals surface area (Å²) in [5.41, 5.74) is 0.00535. The van der Waals surface area contributed by atoms with Gasteiger partial charge in [-0.1, -0.05) is 37.0 Å². The van der Waals surface area contributed by atoms with E-state index in [9.17, 15) is 14.3 Å². The fraction of sp³-hybridized carbons (Fsp3) is 0.462. The Balaban J connectivity index is 2.85. The van der Waals surface area contributed by atoms with Gasteiger partial charge in [-0.05, 0) is 24.5 Å². The van der Waals surface area contributed by atoms with Crippen LogP contribution in [-0.4, -0.2) is 23.7 Å². The zero-order chi connectivity index (χ0) is 14.6. The molecule has 0 spiro atoms. The second-order valence-corrected chi connectivity index (χ2v) is 5.54. The van der Waals surface area contributed by atoms with E-state index in [-0.39, 0.29) is 28.3 Å². The molecule has 0 fully saturated rings. The van der Waals surface area contributed by atoms with E-state index in [4.69, 9.17) is 23.2 Å². The Morgan fingerprint density at radius 2 is 2.00 bits per heavy atom. The molecule has 0 saturated carbocycles. The van der Waals surface area contributed by atoms with Crippen LogP contribution in [0.25, 0.3) is 0 Å². The Bertz CT molecular complexity index is 466. The Morgan fingerprint density at radius 1 is 1.37 bits per heavy atom. The maximum atomic E-state index is 13.3. The molecule has 19 heavy (non-hydrogen) atoms. The molecule has 1 amide bonds. The molecule has 0 heterocycles. The first-order chi connectivity index (χ1) is 8.85. The molecule has 1 unspecified atom stereocenters. The van der Waals surface area contributed by atoms with Crippen molar-refractivity contribution in [2.75, 3.05) is 6.61 Å². The Kier molecular flexibility index (Phi) is 6.04. The fourth-order valence-electron chi connectivity index (χ4n) is 1.71. The van der Waals surface area contributed by atoms with Gasteiger partial charge in [-0.3, -0.25) is 4.79 Å². The summed E-state index contributed by atoms with van der Waals surface area (Å²) in [5.74, 6) is -0.921. The van der Waals surface area contributed by atoms with Gasteiger partial charge in [0, 0.05) is 0 Å². The molecule has 0 bridgehead atoms. The SMILES string of the molecule is CC(C)CC(CO)NC(=O)c1cc(F)c(Cl)cc1Cl. The van der Waals surface area contributed by atoms with Crippen LogP contribution in [0.1, 0.15) is 30.6 Å². The van der Waals surface area contributed by atoms with E-state index < -0.39 is 11.7 Å². The van der Waals surface area contributed by atoms with Crippen molar-refractivity contribution in [1.29, 1.82) is 0 Å². The number of aliphatic hydroxyl groups excluding tert-OH is 1. The third-order valence-electron chi connectivity index (χ3n) is 2.57. The molecule has 0 saturated heterocycles. The summed E-state index contributed by atoms with van der Waals surface area (Å²) >= 11 is 11.4. The number of amides is 1. The number of nitrogens with one attached hydrogen (secondary N) is 1. The number of rotatable bonds is 5. The summed E-state index contributed by atoms with van der Waals surface area (Å²) in [6.07, 6.45) is 0.621. The van der Waals surface area contributed by atoms with Crippen molar-refractivity contribution in [2.45, 2.75) is 26.3 Å². The molecule has 2 N–H and O–H groups in total.